The first-order valence-electron chi connectivity index (χ1n) is 9.88. The maximum Gasteiger partial charge on any atom is 0.416 e. The van der Waals surface area contributed by atoms with E-state index in [9.17, 15) is 31.1 Å². The van der Waals surface area contributed by atoms with Crippen LogP contribution in [0.3, 0.4) is 0 Å². The Morgan fingerprint density at radius 2 is 1.41 bits per heavy atom. The molecule has 0 aliphatic rings. The van der Waals surface area contributed by atoms with Crippen LogP contribution < -0.4 is 14.8 Å². The van der Waals surface area contributed by atoms with Gasteiger partial charge in [0.1, 0.15) is 6.61 Å². The van der Waals surface area contributed by atoms with Gasteiger partial charge in [0, 0.05) is 12.1 Å². The van der Waals surface area contributed by atoms with Gasteiger partial charge in [0.2, 0.25) is 0 Å². The predicted molar refractivity (Wildman–Crippen MR) is 111 cm³/mol. The van der Waals surface area contributed by atoms with E-state index in [1.165, 1.54) is 25.3 Å². The monoisotopic (exact) mass is 483 g/mol. The summed E-state index contributed by atoms with van der Waals surface area (Å²) in [6.07, 6.45) is -9.94. The fourth-order valence-electron chi connectivity index (χ4n) is 3.07. The van der Waals surface area contributed by atoms with E-state index < -0.39 is 35.9 Å². The number of nitrogens with one attached hydrogen (secondary N) is 1. The number of amides is 1. The number of rotatable bonds is 7. The Labute approximate surface area is 191 Å². The van der Waals surface area contributed by atoms with Crippen LogP contribution in [0.4, 0.5) is 26.3 Å². The summed E-state index contributed by atoms with van der Waals surface area (Å²) in [5.74, 6) is -0.115. The summed E-state index contributed by atoms with van der Waals surface area (Å²) in [5, 5.41) is 2.34. The number of halogens is 6. The van der Waals surface area contributed by atoms with Crippen molar-refractivity contribution in [2.75, 3.05) is 7.11 Å². The standard InChI is InChI=1S/C24H19F6NO3/c1-33-20-8-7-17(11-21(20)34-14-15-5-3-2-4-6-15)22(32)31-13-16-9-18(23(25,26)27)12-19(10-16)24(28,29)30/h2-12H,13-14H2,1H3,(H,31,32). The molecule has 10 heteroatoms. The zero-order valence-electron chi connectivity index (χ0n) is 17.8. The molecule has 180 valence electrons. The van der Waals surface area contributed by atoms with Crippen LogP contribution in [0.2, 0.25) is 0 Å². The number of carbonyl (C=O) groups is 1. The number of methoxy groups -OCH3 is 1. The zero-order valence-corrected chi connectivity index (χ0v) is 17.8. The van der Waals surface area contributed by atoms with Crippen LogP contribution in [-0.2, 0) is 25.5 Å². The molecule has 0 fully saturated rings. The fraction of sp³-hybridized carbons (Fsp3) is 0.208. The maximum absolute atomic E-state index is 13.0. The number of alkyl halides is 6. The average Bonchev–Trinajstić information content (AvgIpc) is 2.80. The average molecular weight is 483 g/mol. The van der Waals surface area contributed by atoms with Gasteiger partial charge in [0.15, 0.2) is 11.5 Å². The number of carbonyl (C=O) groups excluding carboxylic acids is 1. The van der Waals surface area contributed by atoms with Crippen molar-refractivity contribution in [1.29, 1.82) is 0 Å². The summed E-state index contributed by atoms with van der Waals surface area (Å²) in [6, 6.07) is 14.6. The van der Waals surface area contributed by atoms with Gasteiger partial charge in [-0.05, 0) is 47.5 Å². The Bertz CT molecular complexity index is 1110. The van der Waals surface area contributed by atoms with E-state index in [-0.39, 0.29) is 29.5 Å². The third-order valence-electron chi connectivity index (χ3n) is 4.76. The van der Waals surface area contributed by atoms with Crippen molar-refractivity contribution in [3.63, 3.8) is 0 Å². The Morgan fingerprint density at radius 3 is 1.97 bits per heavy atom. The molecule has 0 radical (unpaired) electrons. The van der Waals surface area contributed by atoms with Gasteiger partial charge >= 0.3 is 12.4 Å². The second kappa shape index (κ2) is 10.1. The fourth-order valence-corrected chi connectivity index (χ4v) is 3.07. The van der Waals surface area contributed by atoms with Gasteiger partial charge in [-0.25, -0.2) is 0 Å². The third-order valence-corrected chi connectivity index (χ3v) is 4.76. The lowest BCUT2D eigenvalue weighted by Gasteiger charge is -2.15. The molecule has 0 aromatic heterocycles. The molecule has 3 rings (SSSR count). The van der Waals surface area contributed by atoms with Crippen LogP contribution in [0.25, 0.3) is 0 Å². The molecule has 0 atom stereocenters. The lowest BCUT2D eigenvalue weighted by Crippen LogP contribution is -2.23. The molecule has 0 aliphatic heterocycles. The molecule has 0 saturated heterocycles. The van der Waals surface area contributed by atoms with E-state index in [2.05, 4.69) is 5.32 Å². The Hall–Kier alpha value is -3.69. The van der Waals surface area contributed by atoms with Crippen molar-refractivity contribution in [2.45, 2.75) is 25.5 Å². The molecule has 1 amide bonds. The lowest BCUT2D eigenvalue weighted by molar-refractivity contribution is -0.143. The number of ether oxygens (including phenoxy) is 2. The summed E-state index contributed by atoms with van der Waals surface area (Å²) in [6.45, 7) is -0.356. The molecule has 0 heterocycles. The number of hydrogen-bond acceptors (Lipinski definition) is 3. The Morgan fingerprint density at radius 1 is 0.794 bits per heavy atom. The van der Waals surface area contributed by atoms with Crippen LogP contribution in [0.5, 0.6) is 11.5 Å². The normalized spacial score (nSPS) is 11.7. The molecule has 0 bridgehead atoms. The van der Waals surface area contributed by atoms with E-state index in [4.69, 9.17) is 9.47 Å². The molecule has 0 unspecified atom stereocenters. The highest BCUT2D eigenvalue weighted by molar-refractivity contribution is 5.94. The molecule has 0 spiro atoms. The summed E-state index contributed by atoms with van der Waals surface area (Å²) in [5.41, 5.74) is -2.29. The lowest BCUT2D eigenvalue weighted by atomic mass is 10.0. The Kier molecular flexibility index (Phi) is 7.38. The van der Waals surface area contributed by atoms with Gasteiger partial charge in [-0.1, -0.05) is 30.3 Å². The van der Waals surface area contributed by atoms with E-state index in [0.717, 1.165) is 5.56 Å². The quantitative estimate of drug-likeness (QED) is 0.405. The summed E-state index contributed by atoms with van der Waals surface area (Å²) < 4.78 is 89.1. The van der Waals surface area contributed by atoms with Crippen LogP contribution in [0.15, 0.2) is 66.7 Å². The third kappa shape index (κ3) is 6.43. The molecular formula is C24H19F6NO3. The molecule has 0 aliphatic carbocycles. The summed E-state index contributed by atoms with van der Waals surface area (Å²) in [4.78, 5) is 12.6. The molecule has 4 nitrogen and oxygen atoms in total. The summed E-state index contributed by atoms with van der Waals surface area (Å²) in [7, 11) is 1.41. The maximum atomic E-state index is 13.0. The van der Waals surface area contributed by atoms with E-state index in [1.54, 1.807) is 0 Å². The molecule has 0 saturated carbocycles. The zero-order chi connectivity index (χ0) is 24.9. The van der Waals surface area contributed by atoms with Gasteiger partial charge in [-0.15, -0.1) is 0 Å². The van der Waals surface area contributed by atoms with Gasteiger partial charge in [0.25, 0.3) is 5.91 Å². The number of hydrogen-bond donors (Lipinski definition) is 1. The van der Waals surface area contributed by atoms with Crippen LogP contribution >= 0.6 is 0 Å². The highest BCUT2D eigenvalue weighted by Crippen LogP contribution is 2.36. The molecule has 3 aromatic rings. The van der Waals surface area contributed by atoms with Crippen LogP contribution in [0, 0.1) is 0 Å². The molecular weight excluding hydrogens is 464 g/mol. The van der Waals surface area contributed by atoms with Crippen LogP contribution in [0.1, 0.15) is 32.6 Å². The van der Waals surface area contributed by atoms with Gasteiger partial charge in [-0.3, -0.25) is 4.79 Å². The largest absolute Gasteiger partial charge is 0.493 e. The van der Waals surface area contributed by atoms with Crippen molar-refractivity contribution in [3.8, 4) is 11.5 Å². The van der Waals surface area contributed by atoms with Crippen molar-refractivity contribution in [3.05, 3.63) is 94.5 Å². The minimum absolute atomic E-state index is 0.0329. The van der Waals surface area contributed by atoms with Crippen LogP contribution in [-0.4, -0.2) is 13.0 Å². The minimum Gasteiger partial charge on any atom is -0.493 e. The molecule has 3 aromatic carbocycles. The van der Waals surface area contributed by atoms with Crippen molar-refractivity contribution in [2.24, 2.45) is 0 Å². The first-order valence-corrected chi connectivity index (χ1v) is 9.88. The topological polar surface area (TPSA) is 47.6 Å². The second-order valence-corrected chi connectivity index (χ2v) is 7.24. The van der Waals surface area contributed by atoms with Crippen molar-refractivity contribution >= 4 is 5.91 Å². The molecule has 1 N–H and O–H groups in total. The SMILES string of the molecule is COc1ccc(C(=O)NCc2cc(C(F)(F)F)cc(C(F)(F)F)c2)cc1OCc1ccccc1. The smallest absolute Gasteiger partial charge is 0.416 e. The first-order chi connectivity index (χ1) is 16.0. The summed E-state index contributed by atoms with van der Waals surface area (Å²) >= 11 is 0. The minimum atomic E-state index is -4.97. The van der Waals surface area contributed by atoms with Gasteiger partial charge < -0.3 is 14.8 Å². The predicted octanol–water partition coefficient (Wildman–Crippen LogP) is 6.24. The van der Waals surface area contributed by atoms with Crippen molar-refractivity contribution in [1.82, 2.24) is 5.32 Å². The van der Waals surface area contributed by atoms with E-state index in [0.29, 0.717) is 17.9 Å². The first kappa shape index (κ1) is 24.9. The molecule has 34 heavy (non-hydrogen) atoms. The Balaban J connectivity index is 1.77. The number of benzene rings is 3. The highest BCUT2D eigenvalue weighted by Gasteiger charge is 2.36. The van der Waals surface area contributed by atoms with Gasteiger partial charge in [0.05, 0.1) is 18.2 Å². The second-order valence-electron chi connectivity index (χ2n) is 7.24. The highest BCUT2D eigenvalue weighted by atomic mass is 19.4. The van der Waals surface area contributed by atoms with Gasteiger partial charge in [-0.2, -0.15) is 26.3 Å². The van der Waals surface area contributed by atoms with E-state index >= 15 is 0 Å². The van der Waals surface area contributed by atoms with E-state index in [1.807, 2.05) is 30.3 Å². The van der Waals surface area contributed by atoms with Crippen molar-refractivity contribution < 1.29 is 40.6 Å².